The summed E-state index contributed by atoms with van der Waals surface area (Å²) in [6, 6.07) is 29.8. The Morgan fingerprint density at radius 2 is 1.56 bits per heavy atom. The summed E-state index contributed by atoms with van der Waals surface area (Å²) in [6.07, 6.45) is 6.66. The van der Waals surface area contributed by atoms with Crippen LogP contribution in [0, 0.1) is 0 Å². The minimum absolute atomic E-state index is 0.215. The number of ether oxygens (including phenoxy) is 2. The Labute approximate surface area is 322 Å². The molecular formula is C46H49N3O6. The average Bonchev–Trinajstić information content (AvgIpc) is 3.45. The maximum absolute atomic E-state index is 13.2. The van der Waals surface area contributed by atoms with E-state index in [-0.39, 0.29) is 17.9 Å². The molecule has 4 aromatic rings. The fourth-order valence-electron chi connectivity index (χ4n) is 8.92. The van der Waals surface area contributed by atoms with E-state index in [1.165, 1.54) is 22.3 Å². The fourth-order valence-corrected chi connectivity index (χ4v) is 8.92. The van der Waals surface area contributed by atoms with Gasteiger partial charge in [0.15, 0.2) is 0 Å². The zero-order valence-corrected chi connectivity index (χ0v) is 31.3. The Morgan fingerprint density at radius 3 is 2.35 bits per heavy atom. The second-order valence-electron chi connectivity index (χ2n) is 15.4. The number of carbonyl (C=O) groups is 3. The summed E-state index contributed by atoms with van der Waals surface area (Å²) >= 11 is 0. The van der Waals surface area contributed by atoms with Crippen molar-refractivity contribution in [1.29, 1.82) is 0 Å². The number of allylic oxidation sites excluding steroid dienone is 1. The van der Waals surface area contributed by atoms with E-state index in [1.807, 2.05) is 18.2 Å². The number of nitrogens with zero attached hydrogens (tertiary/aromatic N) is 2. The monoisotopic (exact) mass is 739 g/mol. The molecule has 3 heterocycles. The number of nitrogens with one attached hydrogen (secondary N) is 1. The lowest BCUT2D eigenvalue weighted by molar-refractivity contribution is -0.125. The number of hydrogen-bond donors (Lipinski definition) is 2. The molecule has 0 saturated carbocycles. The Balaban J connectivity index is 0.766. The molecule has 1 unspecified atom stereocenters. The van der Waals surface area contributed by atoms with E-state index in [2.05, 4.69) is 77.5 Å². The van der Waals surface area contributed by atoms with Crippen LogP contribution < -0.4 is 10.1 Å². The highest BCUT2D eigenvalue weighted by molar-refractivity contribution is 6.23. The molecule has 2 fully saturated rings. The lowest BCUT2D eigenvalue weighted by atomic mass is 9.69. The Morgan fingerprint density at radius 1 is 0.782 bits per heavy atom. The number of aryl methyl sites for hydroxylation is 2. The summed E-state index contributed by atoms with van der Waals surface area (Å²) in [5, 5.41) is 12.8. The van der Waals surface area contributed by atoms with Crippen molar-refractivity contribution in [3.8, 4) is 11.5 Å². The predicted molar refractivity (Wildman–Crippen MR) is 210 cm³/mol. The lowest BCUT2D eigenvalue weighted by Gasteiger charge is -2.35. The molecule has 0 radical (unpaired) electrons. The largest absolute Gasteiger partial charge is 0.508 e. The van der Waals surface area contributed by atoms with Gasteiger partial charge in [-0.05, 0) is 121 Å². The number of rotatable bonds is 12. The van der Waals surface area contributed by atoms with Gasteiger partial charge >= 0.3 is 0 Å². The van der Waals surface area contributed by atoms with Crippen molar-refractivity contribution in [3.63, 3.8) is 0 Å². The van der Waals surface area contributed by atoms with Crippen molar-refractivity contribution in [2.75, 3.05) is 32.8 Å². The van der Waals surface area contributed by atoms with Gasteiger partial charge < -0.3 is 19.9 Å². The van der Waals surface area contributed by atoms with Crippen molar-refractivity contribution in [3.05, 3.63) is 142 Å². The standard InChI is InChI=1S/C46H49N3O6/c1-30-9-20-42(44(51)47-30)49-45(52)40-17-10-31(28-41(40)46(49)53)6-5-26-54-37-21-23-48(24-22-37)25-27-55-36-15-11-33(12-16-36)43-38(32-7-3-2-4-8-32)18-13-34-29-35(50)14-19-39(34)43/h2-4,7-8,10-12,14-17,19,28-29,37-38,42-43,50H,1,5-6,9,13,18,20-27H2,(H,47,51)/t38-,42?,43+/m0/s1. The molecule has 9 heteroatoms. The van der Waals surface area contributed by atoms with Crippen molar-refractivity contribution in [2.45, 2.75) is 75.3 Å². The van der Waals surface area contributed by atoms with Crippen LogP contribution in [0.1, 0.15) is 98.9 Å². The van der Waals surface area contributed by atoms with Crippen LogP contribution in [-0.2, 0) is 22.4 Å². The predicted octanol–water partition coefficient (Wildman–Crippen LogP) is 7.14. The number of aromatic hydroxyl groups is 1. The van der Waals surface area contributed by atoms with Crippen LogP contribution in [0.5, 0.6) is 11.5 Å². The number of phenolic OH excluding ortho intramolecular Hbond substituents is 1. The SMILES string of the molecule is C=C1CCC(N2C(=O)c3ccc(CCCOC4CCN(CCOc5ccc([C@H]6c7ccc(O)cc7CC[C@H]6c6ccccc6)cc5)CC4)cc3C2=O)C(=O)N1. The van der Waals surface area contributed by atoms with E-state index in [0.717, 1.165) is 74.4 Å². The van der Waals surface area contributed by atoms with Crippen LogP contribution in [0.15, 0.2) is 103 Å². The average molecular weight is 740 g/mol. The molecule has 284 valence electrons. The Bertz CT molecular complexity index is 2060. The van der Waals surface area contributed by atoms with Gasteiger partial charge in [0.1, 0.15) is 24.1 Å². The summed E-state index contributed by atoms with van der Waals surface area (Å²) in [7, 11) is 0. The van der Waals surface area contributed by atoms with Gasteiger partial charge in [0.25, 0.3) is 11.8 Å². The number of amides is 3. The van der Waals surface area contributed by atoms with Crippen molar-refractivity contribution in [1.82, 2.24) is 15.1 Å². The molecule has 3 amide bonds. The van der Waals surface area contributed by atoms with Gasteiger partial charge in [-0.15, -0.1) is 0 Å². The van der Waals surface area contributed by atoms with Crippen LogP contribution >= 0.6 is 0 Å². The summed E-state index contributed by atoms with van der Waals surface area (Å²) < 4.78 is 12.5. The smallest absolute Gasteiger partial charge is 0.262 e. The first-order valence-electron chi connectivity index (χ1n) is 19.8. The van der Waals surface area contributed by atoms with E-state index in [9.17, 15) is 19.5 Å². The first-order valence-corrected chi connectivity index (χ1v) is 19.8. The highest BCUT2D eigenvalue weighted by atomic mass is 16.5. The second-order valence-corrected chi connectivity index (χ2v) is 15.4. The highest BCUT2D eigenvalue weighted by Gasteiger charge is 2.44. The summed E-state index contributed by atoms with van der Waals surface area (Å²) in [4.78, 5) is 42.3. The Hall–Kier alpha value is -5.25. The number of imide groups is 1. The molecule has 1 aliphatic carbocycles. The van der Waals surface area contributed by atoms with Crippen molar-refractivity contribution >= 4 is 17.7 Å². The molecular weight excluding hydrogens is 691 g/mol. The van der Waals surface area contributed by atoms with Crippen molar-refractivity contribution in [2.24, 2.45) is 0 Å². The van der Waals surface area contributed by atoms with Gasteiger partial charge in [-0.2, -0.15) is 0 Å². The first kappa shape index (κ1) is 36.7. The van der Waals surface area contributed by atoms with Gasteiger partial charge in [-0.3, -0.25) is 24.2 Å². The second kappa shape index (κ2) is 16.2. The molecule has 3 atom stereocenters. The zero-order chi connectivity index (χ0) is 37.9. The third-order valence-electron chi connectivity index (χ3n) is 11.8. The molecule has 0 spiro atoms. The molecule has 3 aliphatic heterocycles. The fraction of sp³-hybridized carbons (Fsp3) is 0.370. The van der Waals surface area contributed by atoms with Gasteiger partial charge in [-0.25, -0.2) is 0 Å². The summed E-state index contributed by atoms with van der Waals surface area (Å²) in [6.45, 7) is 7.84. The van der Waals surface area contributed by atoms with Crippen LogP contribution in [0.3, 0.4) is 0 Å². The first-order chi connectivity index (χ1) is 26.8. The molecule has 2 saturated heterocycles. The maximum atomic E-state index is 13.2. The van der Waals surface area contributed by atoms with E-state index in [1.54, 1.807) is 12.1 Å². The van der Waals surface area contributed by atoms with Crippen LogP contribution in [0.4, 0.5) is 0 Å². The number of phenols is 1. The molecule has 0 bridgehead atoms. The number of hydrogen-bond acceptors (Lipinski definition) is 7. The molecule has 9 nitrogen and oxygen atoms in total. The van der Waals surface area contributed by atoms with E-state index >= 15 is 0 Å². The number of carbonyl (C=O) groups excluding carboxylic acids is 3. The molecule has 8 rings (SSSR count). The third-order valence-corrected chi connectivity index (χ3v) is 11.8. The minimum Gasteiger partial charge on any atom is -0.508 e. The van der Waals surface area contributed by atoms with Gasteiger partial charge in [0.05, 0.1) is 17.2 Å². The van der Waals surface area contributed by atoms with Gasteiger partial charge in [0.2, 0.25) is 5.91 Å². The number of benzene rings is 4. The van der Waals surface area contributed by atoms with Crippen LogP contribution in [-0.4, -0.2) is 77.6 Å². The highest BCUT2D eigenvalue weighted by Crippen LogP contribution is 2.47. The molecule has 55 heavy (non-hydrogen) atoms. The summed E-state index contributed by atoms with van der Waals surface area (Å²) in [5.41, 5.74) is 7.46. The van der Waals surface area contributed by atoms with E-state index in [0.29, 0.717) is 54.5 Å². The summed E-state index contributed by atoms with van der Waals surface area (Å²) in [5.74, 6) is 0.626. The number of likely N-dealkylation sites (tertiary alicyclic amines) is 1. The number of piperidine rings is 2. The molecule has 4 aliphatic rings. The zero-order valence-electron chi connectivity index (χ0n) is 31.3. The topological polar surface area (TPSA) is 108 Å². The molecule has 0 aromatic heterocycles. The molecule has 4 aromatic carbocycles. The van der Waals surface area contributed by atoms with Crippen LogP contribution in [0.2, 0.25) is 0 Å². The molecule has 2 N–H and O–H groups in total. The minimum atomic E-state index is -0.801. The Kier molecular flexibility index (Phi) is 10.8. The number of fused-ring (bicyclic) bond motifs is 2. The van der Waals surface area contributed by atoms with E-state index in [4.69, 9.17) is 9.47 Å². The quantitative estimate of drug-likeness (QED) is 0.118. The maximum Gasteiger partial charge on any atom is 0.262 e. The van der Waals surface area contributed by atoms with E-state index < -0.39 is 17.9 Å². The lowest BCUT2D eigenvalue weighted by Crippen LogP contribution is -2.51. The van der Waals surface area contributed by atoms with Crippen molar-refractivity contribution < 1.29 is 29.0 Å². The normalized spacial score (nSPS) is 21.7. The van der Waals surface area contributed by atoms with Gasteiger partial charge in [-0.1, -0.05) is 61.2 Å². The van der Waals surface area contributed by atoms with Gasteiger partial charge in [0, 0.05) is 37.9 Å². The third kappa shape index (κ3) is 7.95. The van der Waals surface area contributed by atoms with Crippen LogP contribution in [0.25, 0.3) is 0 Å².